The lowest BCUT2D eigenvalue weighted by molar-refractivity contribution is -0.138. The van der Waals surface area contributed by atoms with Crippen LogP contribution in [0.4, 0.5) is 8.78 Å². The number of ketones is 2. The quantitative estimate of drug-likeness (QED) is 0.100. The highest BCUT2D eigenvalue weighted by atomic mass is 19.1. The van der Waals surface area contributed by atoms with Gasteiger partial charge in [0.2, 0.25) is 17.6 Å². The number of carbonyl (C=O) groups excluding carboxylic acids is 7. The van der Waals surface area contributed by atoms with Crippen LogP contribution in [0.25, 0.3) is 44.6 Å². The Bertz CT molecular complexity index is 3280. The van der Waals surface area contributed by atoms with Crippen molar-refractivity contribution in [2.75, 3.05) is 52.4 Å². The van der Waals surface area contributed by atoms with E-state index in [0.29, 0.717) is 16.7 Å². The van der Waals surface area contributed by atoms with Crippen molar-refractivity contribution in [1.29, 1.82) is 0 Å². The number of rotatable bonds is 12. The summed E-state index contributed by atoms with van der Waals surface area (Å²) in [6.07, 6.45) is 2.51. The number of nitrogens with zero attached hydrogens (tertiary/aromatic N) is 12. The number of aliphatic carboxylic acids is 1. The molecule has 5 amide bonds. The number of halogens is 2. The Hall–Kier alpha value is -9.88. The molecule has 4 aromatic heterocycles. The number of carboxylic acid groups (broad SMARTS) is 1. The van der Waals surface area contributed by atoms with Gasteiger partial charge in [-0.3, -0.25) is 38.4 Å². The van der Waals surface area contributed by atoms with Crippen molar-refractivity contribution in [2.45, 2.75) is 13.1 Å². The van der Waals surface area contributed by atoms with Crippen molar-refractivity contribution in [3.05, 3.63) is 131 Å². The molecule has 0 radical (unpaired) electrons. The van der Waals surface area contributed by atoms with E-state index in [1.54, 1.807) is 58.3 Å². The van der Waals surface area contributed by atoms with Gasteiger partial charge in [-0.2, -0.15) is 9.59 Å². The minimum Gasteiger partial charge on any atom is -0.480 e. The Morgan fingerprint density at radius 3 is 1.28 bits per heavy atom. The Labute approximate surface area is 415 Å². The summed E-state index contributed by atoms with van der Waals surface area (Å²) in [6, 6.07) is 22.6. The van der Waals surface area contributed by atoms with Gasteiger partial charge in [-0.05, 0) is 59.0 Å². The van der Waals surface area contributed by atoms with Gasteiger partial charge in [-0.1, -0.05) is 36.4 Å². The number of Topliss-reactive ketones (excluding diaryl/α,β-unsaturated/α-hetero) is 2. The van der Waals surface area contributed by atoms with Crippen LogP contribution in [0.1, 0.15) is 41.4 Å². The molecule has 26 heteroatoms. The molecule has 6 heterocycles. The molecule has 0 atom stereocenters. The lowest BCUT2D eigenvalue weighted by atomic mass is 10.0. The zero-order valence-corrected chi connectivity index (χ0v) is 38.7. The summed E-state index contributed by atoms with van der Waals surface area (Å²) in [5, 5.41) is 31.8. The number of nitrogens with two attached hydrogens (primary N) is 1. The monoisotopic (exact) mass is 1010 g/mol. The number of aromatic amines is 2. The van der Waals surface area contributed by atoms with Crippen molar-refractivity contribution in [3.63, 3.8) is 0 Å². The zero-order valence-electron chi connectivity index (χ0n) is 38.7. The number of carbonyl (C=O) groups is 8. The van der Waals surface area contributed by atoms with Crippen LogP contribution in [0.15, 0.2) is 97.3 Å². The highest BCUT2D eigenvalue weighted by Gasteiger charge is 2.33. The smallest absolute Gasteiger partial charge is 0.327 e. The molecule has 2 fully saturated rings. The Kier molecular flexibility index (Phi) is 13.8. The molecule has 4 aromatic carbocycles. The molecular formula is C48H41F2N15O9. The number of hydrogen-bond acceptors (Lipinski definition) is 14. The van der Waals surface area contributed by atoms with E-state index in [2.05, 4.69) is 40.8 Å². The van der Waals surface area contributed by atoms with Gasteiger partial charge >= 0.3 is 5.97 Å². The van der Waals surface area contributed by atoms with E-state index in [-0.39, 0.29) is 121 Å². The summed E-state index contributed by atoms with van der Waals surface area (Å²) in [4.78, 5) is 113. The molecule has 2 aliphatic heterocycles. The van der Waals surface area contributed by atoms with Crippen molar-refractivity contribution in [1.82, 2.24) is 70.0 Å². The lowest BCUT2D eigenvalue weighted by Crippen LogP contribution is -2.52. The fourth-order valence-corrected chi connectivity index (χ4v) is 8.51. The fraction of sp³-hybridized carbons (Fsp3) is 0.208. The number of fused-ring (bicyclic) bond motifs is 2. The molecule has 8 aromatic rings. The first-order valence-corrected chi connectivity index (χ1v) is 22.7. The van der Waals surface area contributed by atoms with E-state index in [1.165, 1.54) is 34.3 Å². The number of aromatic nitrogens is 10. The first-order valence-electron chi connectivity index (χ1n) is 22.7. The minimum atomic E-state index is -1.16. The number of carboxylic acids is 1. The van der Waals surface area contributed by atoms with Gasteiger partial charge in [-0.15, -0.1) is 20.4 Å². The van der Waals surface area contributed by atoms with Crippen LogP contribution in [0.5, 0.6) is 0 Å². The van der Waals surface area contributed by atoms with Crippen LogP contribution in [0, 0.1) is 11.6 Å². The van der Waals surface area contributed by atoms with Crippen LogP contribution in [0.2, 0.25) is 0 Å². The van der Waals surface area contributed by atoms with E-state index in [0.717, 1.165) is 21.7 Å². The van der Waals surface area contributed by atoms with Crippen molar-refractivity contribution >= 4 is 68.9 Å². The third-order valence-corrected chi connectivity index (χ3v) is 12.2. The highest BCUT2D eigenvalue weighted by Crippen LogP contribution is 2.32. The van der Waals surface area contributed by atoms with E-state index in [1.807, 2.05) is 12.1 Å². The maximum absolute atomic E-state index is 14.9. The summed E-state index contributed by atoms with van der Waals surface area (Å²) in [6.45, 7) is 0.935. The molecule has 376 valence electrons. The van der Waals surface area contributed by atoms with Crippen LogP contribution < -0.4 is 5.73 Å². The molecule has 0 saturated carbocycles. The fourth-order valence-electron chi connectivity index (χ4n) is 8.51. The minimum absolute atomic E-state index is 0.0256. The summed E-state index contributed by atoms with van der Waals surface area (Å²) in [7, 11) is 0. The molecule has 0 bridgehead atoms. The second kappa shape index (κ2) is 20.8. The number of H-pyrrole nitrogens is 2. The van der Waals surface area contributed by atoms with E-state index in [9.17, 15) is 47.1 Å². The van der Waals surface area contributed by atoms with Crippen LogP contribution in [0.3, 0.4) is 0 Å². The Morgan fingerprint density at radius 1 is 0.527 bits per heavy atom. The van der Waals surface area contributed by atoms with E-state index >= 15 is 0 Å². The standard InChI is InChI=1S/C24H21FN8O4.C24H20FN7O5/c25-17-7-6-15(22-28-30-33(29-22)13-18(26)34)20-19(17)16(12-27-20)21(35)24(37)32-10-8-31(9-11-32)23(36)14-4-2-1-3-5-14;25-17-7-6-15(22-27-29-32(28-22)13-18(33)34)20-19(17)16(12-26-20)21(35)24(37)31-10-8-30(9-11-31)23(36)14-4-2-1-3-5-14/h1-7,12,27H,8-11,13H2,(H2,26,34);1-7,12,26H,8-11,13H2,(H,33,34). The summed E-state index contributed by atoms with van der Waals surface area (Å²) < 4.78 is 29.7. The van der Waals surface area contributed by atoms with Gasteiger partial charge in [0.15, 0.2) is 6.54 Å². The first kappa shape index (κ1) is 49.1. The number of nitrogens with one attached hydrogen (secondary N) is 2. The molecular weight excluding hydrogens is 969 g/mol. The summed E-state index contributed by atoms with van der Waals surface area (Å²) in [5.41, 5.74) is 6.93. The number of amides is 5. The van der Waals surface area contributed by atoms with Gasteiger partial charge in [0.1, 0.15) is 18.2 Å². The van der Waals surface area contributed by atoms with Gasteiger partial charge in [-0.25, -0.2) is 8.78 Å². The average molecular weight is 1010 g/mol. The highest BCUT2D eigenvalue weighted by molar-refractivity contribution is 6.45. The van der Waals surface area contributed by atoms with Crippen LogP contribution in [-0.2, 0) is 32.3 Å². The molecule has 0 unspecified atom stereocenters. The van der Waals surface area contributed by atoms with Gasteiger partial charge in [0.05, 0.1) is 22.2 Å². The van der Waals surface area contributed by atoms with E-state index in [4.69, 9.17) is 10.8 Å². The zero-order chi connectivity index (χ0) is 52.2. The topological polar surface area (TPSA) is 315 Å². The van der Waals surface area contributed by atoms with Crippen molar-refractivity contribution in [2.24, 2.45) is 5.73 Å². The SMILES string of the molecule is NC(=O)Cn1nnc(-c2ccc(F)c3c(C(=O)C(=O)N4CCN(C(=O)c5ccccc5)CC4)c[nH]c23)n1.O=C(O)Cn1nnc(-c2ccc(F)c3c(C(=O)C(=O)N4CCN(C(=O)c5ccccc5)CC4)c[nH]c23)n1. The predicted octanol–water partition coefficient (Wildman–Crippen LogP) is 1.83. The predicted molar refractivity (Wildman–Crippen MR) is 253 cm³/mol. The molecule has 0 spiro atoms. The molecule has 74 heavy (non-hydrogen) atoms. The average Bonchev–Trinajstić information content (AvgIpc) is 4.26. The second-order valence-electron chi connectivity index (χ2n) is 16.8. The molecule has 24 nitrogen and oxygen atoms in total. The second-order valence-corrected chi connectivity index (χ2v) is 16.8. The summed E-state index contributed by atoms with van der Waals surface area (Å²) >= 11 is 0. The van der Waals surface area contributed by atoms with Gasteiger partial charge < -0.3 is 40.4 Å². The van der Waals surface area contributed by atoms with E-state index < -0.39 is 53.4 Å². The lowest BCUT2D eigenvalue weighted by Gasteiger charge is -2.34. The maximum atomic E-state index is 14.9. The van der Waals surface area contributed by atoms with Crippen LogP contribution >= 0.6 is 0 Å². The third-order valence-electron chi connectivity index (χ3n) is 12.2. The maximum Gasteiger partial charge on any atom is 0.327 e. The van der Waals surface area contributed by atoms with Crippen molar-refractivity contribution < 1.29 is 52.2 Å². The molecule has 2 saturated heterocycles. The van der Waals surface area contributed by atoms with Crippen molar-refractivity contribution in [3.8, 4) is 22.8 Å². The largest absolute Gasteiger partial charge is 0.480 e. The van der Waals surface area contributed by atoms with Crippen LogP contribution in [-0.4, -0.2) is 175 Å². The number of piperazine rings is 2. The first-order chi connectivity index (χ1) is 35.7. The third kappa shape index (κ3) is 10.0. The number of primary amides is 1. The normalized spacial score (nSPS) is 13.6. The molecule has 0 aliphatic carbocycles. The molecule has 2 aliphatic rings. The van der Waals surface area contributed by atoms with Gasteiger partial charge in [0.25, 0.3) is 35.2 Å². The number of tetrazole rings is 2. The number of benzene rings is 4. The molecule has 5 N–H and O–H groups in total. The Morgan fingerprint density at radius 2 is 0.905 bits per heavy atom. The number of hydrogen-bond donors (Lipinski definition) is 4. The Balaban J connectivity index is 0.000000182. The molecule has 10 rings (SSSR count). The summed E-state index contributed by atoms with van der Waals surface area (Å²) in [5.74, 6) is -6.82. The van der Waals surface area contributed by atoms with Gasteiger partial charge in [0, 0.05) is 97.8 Å².